The molecule has 0 radical (unpaired) electrons. The Morgan fingerprint density at radius 3 is 2.79 bits per heavy atom. The number of ether oxygens (including phenoxy) is 2. The largest absolute Gasteiger partial charge is 0.496 e. The topological polar surface area (TPSA) is 61.5 Å². The summed E-state index contributed by atoms with van der Waals surface area (Å²) in [6.07, 6.45) is 0. The predicted octanol–water partition coefficient (Wildman–Crippen LogP) is 0.697. The maximum Gasteiger partial charge on any atom is 0.320 e. The van der Waals surface area contributed by atoms with Crippen LogP contribution in [0.15, 0.2) is 24.3 Å². The normalized spacial score (nSPS) is 9.57. The van der Waals surface area contributed by atoms with Crippen LogP contribution in [0.3, 0.4) is 0 Å². The van der Waals surface area contributed by atoms with Gasteiger partial charge in [0.2, 0.25) is 0 Å². The third-order valence-electron chi connectivity index (χ3n) is 1.75. The summed E-state index contributed by atoms with van der Waals surface area (Å²) < 4.78 is 9.96. The molecule has 76 valence electrons. The third-order valence-corrected chi connectivity index (χ3v) is 1.75. The summed E-state index contributed by atoms with van der Waals surface area (Å²) in [5, 5.41) is 0. The van der Waals surface area contributed by atoms with E-state index in [0.29, 0.717) is 5.75 Å². The minimum absolute atomic E-state index is 0.102. The maximum absolute atomic E-state index is 10.8. The van der Waals surface area contributed by atoms with Gasteiger partial charge in [0.15, 0.2) is 0 Å². The molecule has 0 aliphatic heterocycles. The van der Waals surface area contributed by atoms with Crippen molar-refractivity contribution in [3.8, 4) is 5.75 Å². The van der Waals surface area contributed by atoms with Gasteiger partial charge in [0.05, 0.1) is 13.7 Å². The van der Waals surface area contributed by atoms with E-state index < -0.39 is 5.97 Å². The van der Waals surface area contributed by atoms with Gasteiger partial charge in [0, 0.05) is 5.56 Å². The Kier molecular flexibility index (Phi) is 3.94. The van der Waals surface area contributed by atoms with E-state index >= 15 is 0 Å². The SMILES string of the molecule is COc1ccccc1COC(=O)CN. The number of carbonyl (C=O) groups is 1. The molecule has 4 nitrogen and oxygen atoms in total. The van der Waals surface area contributed by atoms with Gasteiger partial charge in [-0.25, -0.2) is 0 Å². The number of hydrogen-bond acceptors (Lipinski definition) is 4. The highest BCUT2D eigenvalue weighted by atomic mass is 16.5. The molecular weight excluding hydrogens is 182 g/mol. The van der Waals surface area contributed by atoms with Gasteiger partial charge in [0.25, 0.3) is 0 Å². The highest BCUT2D eigenvalue weighted by Gasteiger charge is 2.04. The van der Waals surface area contributed by atoms with Gasteiger partial charge in [0.1, 0.15) is 12.4 Å². The van der Waals surface area contributed by atoms with Gasteiger partial charge in [-0.15, -0.1) is 0 Å². The second kappa shape index (κ2) is 5.24. The molecule has 0 bridgehead atoms. The van der Waals surface area contributed by atoms with Crippen molar-refractivity contribution in [2.45, 2.75) is 6.61 Å². The Hall–Kier alpha value is -1.55. The number of benzene rings is 1. The zero-order chi connectivity index (χ0) is 10.4. The van der Waals surface area contributed by atoms with Crippen molar-refractivity contribution in [3.05, 3.63) is 29.8 Å². The van der Waals surface area contributed by atoms with E-state index in [1.54, 1.807) is 7.11 Å². The van der Waals surface area contributed by atoms with Crippen molar-refractivity contribution >= 4 is 5.97 Å². The lowest BCUT2D eigenvalue weighted by molar-refractivity contribution is -0.143. The van der Waals surface area contributed by atoms with Crippen molar-refractivity contribution < 1.29 is 14.3 Å². The van der Waals surface area contributed by atoms with Crippen LogP contribution in [0.2, 0.25) is 0 Å². The smallest absolute Gasteiger partial charge is 0.320 e. The fourth-order valence-corrected chi connectivity index (χ4v) is 1.04. The summed E-state index contributed by atoms with van der Waals surface area (Å²) in [6, 6.07) is 7.36. The molecule has 1 aromatic carbocycles. The summed E-state index contributed by atoms with van der Waals surface area (Å²) in [5.74, 6) is 0.285. The maximum atomic E-state index is 10.8. The molecule has 0 unspecified atom stereocenters. The van der Waals surface area contributed by atoms with Gasteiger partial charge in [-0.2, -0.15) is 0 Å². The van der Waals surface area contributed by atoms with E-state index in [9.17, 15) is 4.79 Å². The van der Waals surface area contributed by atoms with Gasteiger partial charge in [-0.05, 0) is 6.07 Å². The molecule has 0 atom stereocenters. The molecule has 0 saturated heterocycles. The summed E-state index contributed by atoms with van der Waals surface area (Å²) in [7, 11) is 1.57. The van der Waals surface area contributed by atoms with Crippen LogP contribution < -0.4 is 10.5 Å². The molecule has 1 rings (SSSR count). The number of carbonyl (C=O) groups excluding carboxylic acids is 1. The Labute approximate surface area is 82.6 Å². The molecule has 0 aromatic heterocycles. The lowest BCUT2D eigenvalue weighted by Crippen LogP contribution is -2.16. The second-order valence-electron chi connectivity index (χ2n) is 2.68. The first kappa shape index (κ1) is 10.5. The van der Waals surface area contributed by atoms with Crippen molar-refractivity contribution in [2.24, 2.45) is 5.73 Å². The molecule has 0 aliphatic rings. The van der Waals surface area contributed by atoms with Gasteiger partial charge in [-0.3, -0.25) is 4.79 Å². The average molecular weight is 195 g/mol. The molecule has 0 heterocycles. The van der Waals surface area contributed by atoms with Crippen molar-refractivity contribution in [3.63, 3.8) is 0 Å². The molecule has 4 heteroatoms. The van der Waals surface area contributed by atoms with Crippen LogP contribution in [0.25, 0.3) is 0 Å². The van der Waals surface area contributed by atoms with Crippen LogP contribution in [0, 0.1) is 0 Å². The highest BCUT2D eigenvalue weighted by molar-refractivity contribution is 5.71. The first-order chi connectivity index (χ1) is 6.77. The quantitative estimate of drug-likeness (QED) is 0.718. The van der Waals surface area contributed by atoms with E-state index in [4.69, 9.17) is 15.2 Å². The zero-order valence-electron chi connectivity index (χ0n) is 8.03. The van der Waals surface area contributed by atoms with Crippen molar-refractivity contribution in [1.29, 1.82) is 0 Å². The standard InChI is InChI=1S/C10H13NO3/c1-13-9-5-3-2-4-8(9)7-14-10(12)6-11/h2-5H,6-7,11H2,1H3. The van der Waals surface area contributed by atoms with Gasteiger partial charge >= 0.3 is 5.97 Å². The first-order valence-electron chi connectivity index (χ1n) is 4.25. The fraction of sp³-hybridized carbons (Fsp3) is 0.300. The number of hydrogen-bond donors (Lipinski definition) is 1. The Morgan fingerprint density at radius 1 is 1.43 bits per heavy atom. The van der Waals surface area contributed by atoms with Crippen LogP contribution in [0.4, 0.5) is 0 Å². The van der Waals surface area contributed by atoms with Crippen LogP contribution in [-0.2, 0) is 16.1 Å². The van der Waals surface area contributed by atoms with Gasteiger partial charge < -0.3 is 15.2 Å². The molecule has 0 spiro atoms. The Bertz CT molecular complexity index is 312. The summed E-state index contributed by atoms with van der Waals surface area (Å²) in [4.78, 5) is 10.8. The number of rotatable bonds is 4. The van der Waals surface area contributed by atoms with Crippen LogP contribution in [0.1, 0.15) is 5.56 Å². The summed E-state index contributed by atoms with van der Waals surface area (Å²) in [6.45, 7) is 0.0925. The van der Waals surface area contributed by atoms with Crippen molar-refractivity contribution in [2.75, 3.05) is 13.7 Å². The Morgan fingerprint density at radius 2 is 2.14 bits per heavy atom. The number of nitrogens with two attached hydrogens (primary N) is 1. The summed E-state index contributed by atoms with van der Waals surface area (Å²) in [5.41, 5.74) is 5.93. The second-order valence-corrected chi connectivity index (χ2v) is 2.68. The lowest BCUT2D eigenvalue weighted by Gasteiger charge is -2.07. The minimum Gasteiger partial charge on any atom is -0.496 e. The Balaban J connectivity index is 2.61. The number of methoxy groups -OCH3 is 1. The number of para-hydroxylation sites is 1. The molecule has 1 aromatic rings. The number of esters is 1. The fourth-order valence-electron chi connectivity index (χ4n) is 1.04. The zero-order valence-corrected chi connectivity index (χ0v) is 8.03. The molecule has 0 fully saturated rings. The van der Waals surface area contributed by atoms with Crippen LogP contribution >= 0.6 is 0 Å². The van der Waals surface area contributed by atoms with Crippen molar-refractivity contribution in [1.82, 2.24) is 0 Å². The summed E-state index contributed by atoms with van der Waals surface area (Å²) >= 11 is 0. The molecular formula is C10H13NO3. The highest BCUT2D eigenvalue weighted by Crippen LogP contribution is 2.17. The predicted molar refractivity (Wildman–Crippen MR) is 51.8 cm³/mol. The van der Waals surface area contributed by atoms with E-state index in [1.807, 2.05) is 24.3 Å². The van der Waals surface area contributed by atoms with Crippen LogP contribution in [0.5, 0.6) is 5.75 Å². The van der Waals surface area contributed by atoms with E-state index in [0.717, 1.165) is 5.56 Å². The first-order valence-corrected chi connectivity index (χ1v) is 4.25. The molecule has 0 amide bonds. The third kappa shape index (κ3) is 2.74. The minimum atomic E-state index is -0.420. The van der Waals surface area contributed by atoms with E-state index in [-0.39, 0.29) is 13.2 Å². The monoisotopic (exact) mass is 195 g/mol. The molecule has 2 N–H and O–H groups in total. The van der Waals surface area contributed by atoms with E-state index in [2.05, 4.69) is 0 Å². The molecule has 0 aliphatic carbocycles. The van der Waals surface area contributed by atoms with Crippen LogP contribution in [-0.4, -0.2) is 19.6 Å². The van der Waals surface area contributed by atoms with Gasteiger partial charge in [-0.1, -0.05) is 18.2 Å². The molecule has 14 heavy (non-hydrogen) atoms. The van der Waals surface area contributed by atoms with E-state index in [1.165, 1.54) is 0 Å². The average Bonchev–Trinajstić information content (AvgIpc) is 2.26. The lowest BCUT2D eigenvalue weighted by atomic mass is 10.2. The molecule has 0 saturated carbocycles.